The summed E-state index contributed by atoms with van der Waals surface area (Å²) in [6.07, 6.45) is 2.36. The molecule has 4 heteroatoms. The second-order valence-corrected chi connectivity index (χ2v) is 6.25. The predicted octanol–water partition coefficient (Wildman–Crippen LogP) is 3.69. The summed E-state index contributed by atoms with van der Waals surface area (Å²) in [4.78, 5) is 14.3. The minimum atomic E-state index is -0.257. The molecule has 0 bridgehead atoms. The molecule has 1 aliphatic rings. The number of carbonyl (C=O) groups is 1. The summed E-state index contributed by atoms with van der Waals surface area (Å²) in [5.41, 5.74) is 1.06. The number of halogens is 1. The Balaban J connectivity index is 1.42. The smallest absolute Gasteiger partial charge is 0.226 e. The van der Waals surface area contributed by atoms with Crippen LogP contribution >= 0.6 is 0 Å². The van der Waals surface area contributed by atoms with Gasteiger partial charge in [-0.2, -0.15) is 0 Å². The molecular formula is C20H22FNO2. The Morgan fingerprint density at radius 1 is 1.04 bits per heavy atom. The van der Waals surface area contributed by atoms with Gasteiger partial charge in [-0.1, -0.05) is 30.3 Å². The van der Waals surface area contributed by atoms with Gasteiger partial charge in [0.15, 0.2) is 0 Å². The van der Waals surface area contributed by atoms with Crippen LogP contribution in [0.25, 0.3) is 0 Å². The van der Waals surface area contributed by atoms with Crippen LogP contribution in [0.15, 0.2) is 54.6 Å². The van der Waals surface area contributed by atoms with Crippen LogP contribution in [0.3, 0.4) is 0 Å². The van der Waals surface area contributed by atoms with E-state index in [0.717, 1.165) is 31.5 Å². The molecule has 126 valence electrons. The number of carbonyl (C=O) groups excluding carboxylic acids is 1. The molecule has 0 atom stereocenters. The van der Waals surface area contributed by atoms with Crippen LogP contribution in [0.1, 0.15) is 18.4 Å². The molecule has 24 heavy (non-hydrogen) atoms. The van der Waals surface area contributed by atoms with Crippen molar-refractivity contribution in [1.82, 2.24) is 4.90 Å². The number of likely N-dealkylation sites (tertiary alicyclic amines) is 1. The van der Waals surface area contributed by atoms with E-state index in [-0.39, 0.29) is 11.7 Å². The lowest BCUT2D eigenvalue weighted by molar-refractivity contribution is -0.132. The van der Waals surface area contributed by atoms with Crippen LogP contribution in [-0.2, 0) is 11.2 Å². The van der Waals surface area contributed by atoms with Crippen LogP contribution in [-0.4, -0.2) is 30.5 Å². The van der Waals surface area contributed by atoms with Crippen molar-refractivity contribution in [3.8, 4) is 5.75 Å². The Bertz CT molecular complexity index is 649. The fraction of sp³-hybridized carbons (Fsp3) is 0.350. The highest BCUT2D eigenvalue weighted by Crippen LogP contribution is 2.20. The Hall–Kier alpha value is -2.36. The molecule has 0 saturated carbocycles. The topological polar surface area (TPSA) is 29.5 Å². The predicted molar refractivity (Wildman–Crippen MR) is 91.3 cm³/mol. The zero-order chi connectivity index (χ0) is 16.8. The molecule has 0 aromatic heterocycles. The minimum absolute atomic E-state index is 0.194. The van der Waals surface area contributed by atoms with E-state index < -0.39 is 0 Å². The molecule has 0 N–H and O–H groups in total. The molecule has 1 heterocycles. The van der Waals surface area contributed by atoms with E-state index in [0.29, 0.717) is 24.7 Å². The molecule has 0 aliphatic carbocycles. The summed E-state index contributed by atoms with van der Waals surface area (Å²) in [7, 11) is 0. The van der Waals surface area contributed by atoms with E-state index in [9.17, 15) is 9.18 Å². The summed E-state index contributed by atoms with van der Waals surface area (Å²) in [6.45, 7) is 2.18. The van der Waals surface area contributed by atoms with Gasteiger partial charge in [0.1, 0.15) is 11.6 Å². The van der Waals surface area contributed by atoms with Crippen molar-refractivity contribution in [1.29, 1.82) is 0 Å². The maximum Gasteiger partial charge on any atom is 0.226 e. The maximum absolute atomic E-state index is 12.9. The first-order valence-corrected chi connectivity index (χ1v) is 8.41. The van der Waals surface area contributed by atoms with Crippen molar-refractivity contribution in [2.24, 2.45) is 5.92 Å². The summed E-state index contributed by atoms with van der Waals surface area (Å²) in [6, 6.07) is 16.0. The van der Waals surface area contributed by atoms with Crippen molar-refractivity contribution in [3.05, 3.63) is 66.0 Å². The summed E-state index contributed by atoms with van der Waals surface area (Å²) < 4.78 is 18.6. The Kier molecular flexibility index (Phi) is 5.47. The number of amides is 1. The minimum Gasteiger partial charge on any atom is -0.493 e. The van der Waals surface area contributed by atoms with E-state index in [1.807, 2.05) is 35.2 Å². The lowest BCUT2D eigenvalue weighted by Gasteiger charge is -2.32. The van der Waals surface area contributed by atoms with Gasteiger partial charge in [0, 0.05) is 13.1 Å². The highest BCUT2D eigenvalue weighted by Gasteiger charge is 2.23. The second kappa shape index (κ2) is 7.95. The van der Waals surface area contributed by atoms with E-state index in [1.54, 1.807) is 12.1 Å². The van der Waals surface area contributed by atoms with Crippen LogP contribution in [0.4, 0.5) is 4.39 Å². The molecule has 3 nitrogen and oxygen atoms in total. The third kappa shape index (κ3) is 4.57. The maximum atomic E-state index is 12.9. The van der Waals surface area contributed by atoms with Crippen LogP contribution in [0.5, 0.6) is 5.75 Å². The molecule has 3 rings (SSSR count). The average Bonchev–Trinajstić information content (AvgIpc) is 2.62. The lowest BCUT2D eigenvalue weighted by Crippen LogP contribution is -2.40. The molecule has 0 unspecified atom stereocenters. The van der Waals surface area contributed by atoms with Gasteiger partial charge in [-0.25, -0.2) is 4.39 Å². The van der Waals surface area contributed by atoms with Gasteiger partial charge in [-0.15, -0.1) is 0 Å². The Morgan fingerprint density at radius 2 is 1.71 bits per heavy atom. The number of nitrogens with zero attached hydrogens (tertiary/aromatic N) is 1. The molecule has 1 saturated heterocycles. The number of hydrogen-bond donors (Lipinski definition) is 0. The van der Waals surface area contributed by atoms with Gasteiger partial charge in [0.05, 0.1) is 13.0 Å². The molecular weight excluding hydrogens is 305 g/mol. The molecule has 0 radical (unpaired) electrons. The molecule has 1 aliphatic heterocycles. The zero-order valence-electron chi connectivity index (χ0n) is 13.7. The lowest BCUT2D eigenvalue weighted by atomic mass is 9.97. The first-order valence-electron chi connectivity index (χ1n) is 8.41. The van der Waals surface area contributed by atoms with Gasteiger partial charge < -0.3 is 9.64 Å². The quantitative estimate of drug-likeness (QED) is 0.838. The third-order valence-electron chi connectivity index (χ3n) is 4.46. The summed E-state index contributed by atoms with van der Waals surface area (Å²) in [5, 5.41) is 0. The summed E-state index contributed by atoms with van der Waals surface area (Å²) >= 11 is 0. The van der Waals surface area contributed by atoms with Gasteiger partial charge in [-0.3, -0.25) is 4.79 Å². The Labute approximate surface area is 142 Å². The fourth-order valence-corrected chi connectivity index (χ4v) is 2.98. The second-order valence-electron chi connectivity index (χ2n) is 6.25. The average molecular weight is 327 g/mol. The SMILES string of the molecule is O=C(Cc1ccccc1)N1CCC(COc2ccc(F)cc2)CC1. The number of piperidine rings is 1. The van der Waals surface area contributed by atoms with Crippen LogP contribution in [0.2, 0.25) is 0 Å². The summed E-state index contributed by atoms with van der Waals surface area (Å²) in [5.74, 6) is 1.07. The van der Waals surface area contributed by atoms with E-state index in [2.05, 4.69) is 0 Å². The Morgan fingerprint density at radius 3 is 2.38 bits per heavy atom. The van der Waals surface area contributed by atoms with Crippen molar-refractivity contribution >= 4 is 5.91 Å². The highest BCUT2D eigenvalue weighted by molar-refractivity contribution is 5.78. The van der Waals surface area contributed by atoms with Crippen molar-refractivity contribution in [3.63, 3.8) is 0 Å². The normalized spacial score (nSPS) is 15.3. The molecule has 1 fully saturated rings. The molecule has 2 aromatic rings. The molecule has 1 amide bonds. The highest BCUT2D eigenvalue weighted by atomic mass is 19.1. The molecule has 0 spiro atoms. The zero-order valence-corrected chi connectivity index (χ0v) is 13.7. The van der Waals surface area contributed by atoms with Crippen LogP contribution < -0.4 is 4.74 Å². The first-order chi connectivity index (χ1) is 11.7. The van der Waals surface area contributed by atoms with Gasteiger partial charge in [-0.05, 0) is 48.6 Å². The third-order valence-corrected chi connectivity index (χ3v) is 4.46. The van der Waals surface area contributed by atoms with Crippen molar-refractivity contribution in [2.45, 2.75) is 19.3 Å². The molecule has 2 aromatic carbocycles. The van der Waals surface area contributed by atoms with E-state index >= 15 is 0 Å². The first kappa shape index (κ1) is 16.5. The van der Waals surface area contributed by atoms with E-state index in [4.69, 9.17) is 4.74 Å². The number of ether oxygens (including phenoxy) is 1. The van der Waals surface area contributed by atoms with Gasteiger partial charge >= 0.3 is 0 Å². The number of rotatable bonds is 5. The van der Waals surface area contributed by atoms with E-state index in [1.165, 1.54) is 12.1 Å². The fourth-order valence-electron chi connectivity index (χ4n) is 2.98. The van der Waals surface area contributed by atoms with Crippen molar-refractivity contribution in [2.75, 3.05) is 19.7 Å². The van der Waals surface area contributed by atoms with Crippen LogP contribution in [0, 0.1) is 11.7 Å². The monoisotopic (exact) mass is 327 g/mol. The van der Waals surface area contributed by atoms with Crippen molar-refractivity contribution < 1.29 is 13.9 Å². The number of benzene rings is 2. The largest absolute Gasteiger partial charge is 0.493 e. The van der Waals surface area contributed by atoms with Gasteiger partial charge in [0.25, 0.3) is 0 Å². The number of hydrogen-bond acceptors (Lipinski definition) is 2. The standard InChI is InChI=1S/C20H22FNO2/c21-18-6-8-19(9-7-18)24-15-17-10-12-22(13-11-17)20(23)14-16-4-2-1-3-5-16/h1-9,17H,10-15H2. The van der Waals surface area contributed by atoms with Gasteiger partial charge in [0.2, 0.25) is 5.91 Å².